The third-order valence-electron chi connectivity index (χ3n) is 3.02. The average Bonchev–Trinajstić information content (AvgIpc) is 2.43. The zero-order valence-corrected chi connectivity index (χ0v) is 13.7. The molecule has 0 aliphatic rings. The van der Waals surface area contributed by atoms with Gasteiger partial charge in [0.1, 0.15) is 0 Å². The van der Waals surface area contributed by atoms with Gasteiger partial charge in [0, 0.05) is 13.2 Å². The third kappa shape index (κ3) is 9.45. The summed E-state index contributed by atoms with van der Waals surface area (Å²) in [5.74, 6) is 0.519. The molecule has 1 atom stereocenters. The lowest BCUT2D eigenvalue weighted by Gasteiger charge is -2.12. The second-order valence-electron chi connectivity index (χ2n) is 5.38. The van der Waals surface area contributed by atoms with E-state index in [1.807, 2.05) is 30.3 Å². The van der Waals surface area contributed by atoms with Gasteiger partial charge in [0.05, 0.1) is 12.6 Å². The Labute approximate surface area is 133 Å². The van der Waals surface area contributed by atoms with E-state index in [2.05, 4.69) is 19.2 Å². The van der Waals surface area contributed by atoms with Crippen LogP contribution in [0.25, 0.3) is 0 Å². The van der Waals surface area contributed by atoms with E-state index in [1.165, 1.54) is 0 Å². The Kier molecular flexibility index (Phi) is 10.9. The van der Waals surface area contributed by atoms with E-state index in [1.54, 1.807) is 0 Å². The lowest BCUT2D eigenvalue weighted by atomic mass is 10.1. The van der Waals surface area contributed by atoms with E-state index < -0.39 is 6.04 Å². The monoisotopic (exact) mass is 314 g/mol. The molecule has 0 bridgehead atoms. The van der Waals surface area contributed by atoms with Crippen LogP contribution in [0.1, 0.15) is 25.8 Å². The highest BCUT2D eigenvalue weighted by atomic mass is 35.5. The van der Waals surface area contributed by atoms with E-state index in [4.69, 9.17) is 10.5 Å². The number of hydrogen-bond acceptors (Lipinski definition) is 3. The molecule has 5 heteroatoms. The van der Waals surface area contributed by atoms with Crippen molar-refractivity contribution >= 4 is 18.3 Å². The first-order valence-corrected chi connectivity index (χ1v) is 7.24. The Morgan fingerprint density at radius 1 is 1.24 bits per heavy atom. The van der Waals surface area contributed by atoms with Crippen molar-refractivity contribution in [1.82, 2.24) is 5.32 Å². The van der Waals surface area contributed by atoms with Gasteiger partial charge in [-0.1, -0.05) is 44.2 Å². The van der Waals surface area contributed by atoms with E-state index >= 15 is 0 Å². The predicted molar refractivity (Wildman–Crippen MR) is 88.7 cm³/mol. The summed E-state index contributed by atoms with van der Waals surface area (Å²) in [6.45, 7) is 6.11. The quantitative estimate of drug-likeness (QED) is 0.687. The summed E-state index contributed by atoms with van der Waals surface area (Å²) in [7, 11) is 0. The van der Waals surface area contributed by atoms with Gasteiger partial charge in [0.2, 0.25) is 5.91 Å². The highest BCUT2D eigenvalue weighted by molar-refractivity contribution is 5.85. The highest BCUT2D eigenvalue weighted by Crippen LogP contribution is 2.02. The van der Waals surface area contributed by atoms with Crippen molar-refractivity contribution in [2.45, 2.75) is 32.7 Å². The first kappa shape index (κ1) is 19.9. The summed E-state index contributed by atoms with van der Waals surface area (Å²) >= 11 is 0. The summed E-state index contributed by atoms with van der Waals surface area (Å²) < 4.78 is 5.44. The molecule has 0 saturated heterocycles. The molecule has 0 aliphatic heterocycles. The second-order valence-corrected chi connectivity index (χ2v) is 5.38. The number of hydrogen-bond donors (Lipinski definition) is 2. The molecule has 1 unspecified atom stereocenters. The van der Waals surface area contributed by atoms with Crippen LogP contribution >= 0.6 is 12.4 Å². The van der Waals surface area contributed by atoms with E-state index in [-0.39, 0.29) is 18.3 Å². The molecule has 120 valence electrons. The molecule has 3 N–H and O–H groups in total. The molecule has 0 heterocycles. The van der Waals surface area contributed by atoms with Crippen molar-refractivity contribution in [3.05, 3.63) is 35.9 Å². The summed E-state index contributed by atoms with van der Waals surface area (Å²) in [5.41, 5.74) is 6.95. The summed E-state index contributed by atoms with van der Waals surface area (Å²) in [5, 5.41) is 2.80. The van der Waals surface area contributed by atoms with Crippen LogP contribution in [0.5, 0.6) is 0 Å². The summed E-state index contributed by atoms with van der Waals surface area (Å²) in [6.07, 6.45) is 1.60. The van der Waals surface area contributed by atoms with Crippen LogP contribution in [-0.2, 0) is 16.0 Å². The first-order valence-electron chi connectivity index (χ1n) is 7.24. The number of nitrogens with two attached hydrogens (primary N) is 1. The van der Waals surface area contributed by atoms with Crippen LogP contribution in [-0.4, -0.2) is 31.7 Å². The Balaban J connectivity index is 0.00000400. The van der Waals surface area contributed by atoms with Crippen LogP contribution in [0, 0.1) is 5.92 Å². The number of amides is 1. The fourth-order valence-electron chi connectivity index (χ4n) is 1.76. The van der Waals surface area contributed by atoms with E-state index in [0.29, 0.717) is 25.5 Å². The Bertz CT molecular complexity index is 385. The predicted octanol–water partition coefficient (Wildman–Crippen LogP) is 2.16. The smallest absolute Gasteiger partial charge is 0.237 e. The third-order valence-corrected chi connectivity index (χ3v) is 3.02. The molecule has 4 nitrogen and oxygen atoms in total. The molecule has 0 radical (unpaired) electrons. The van der Waals surface area contributed by atoms with Crippen molar-refractivity contribution in [2.24, 2.45) is 11.7 Å². The lowest BCUT2D eigenvalue weighted by Crippen LogP contribution is -2.43. The molecule has 0 aliphatic carbocycles. The molecule has 1 amide bonds. The Morgan fingerprint density at radius 3 is 2.52 bits per heavy atom. The van der Waals surface area contributed by atoms with Gasteiger partial charge in [0.25, 0.3) is 0 Å². The van der Waals surface area contributed by atoms with Gasteiger partial charge in [-0.05, 0) is 24.3 Å². The minimum Gasteiger partial charge on any atom is -0.380 e. The second kappa shape index (κ2) is 11.5. The summed E-state index contributed by atoms with van der Waals surface area (Å²) in [4.78, 5) is 11.8. The zero-order valence-electron chi connectivity index (χ0n) is 12.9. The Hall–Kier alpha value is -1.10. The van der Waals surface area contributed by atoms with Crippen LogP contribution in [0.2, 0.25) is 0 Å². The van der Waals surface area contributed by atoms with Crippen LogP contribution in [0.15, 0.2) is 30.3 Å². The molecular weight excluding hydrogens is 288 g/mol. The molecule has 0 fully saturated rings. The molecule has 1 aromatic carbocycles. The number of benzene rings is 1. The van der Waals surface area contributed by atoms with Crippen LogP contribution in [0.4, 0.5) is 0 Å². The van der Waals surface area contributed by atoms with Crippen molar-refractivity contribution in [1.29, 1.82) is 0 Å². The number of nitrogens with one attached hydrogen (secondary N) is 1. The number of carbonyl (C=O) groups excluding carboxylic acids is 1. The zero-order chi connectivity index (χ0) is 14.8. The van der Waals surface area contributed by atoms with Crippen molar-refractivity contribution in [3.8, 4) is 0 Å². The van der Waals surface area contributed by atoms with Gasteiger partial charge >= 0.3 is 0 Å². The molecule has 1 aromatic rings. The topological polar surface area (TPSA) is 64.3 Å². The van der Waals surface area contributed by atoms with Gasteiger partial charge in [0.15, 0.2) is 0 Å². The number of ether oxygens (including phenoxy) is 1. The Morgan fingerprint density at radius 2 is 1.90 bits per heavy atom. The van der Waals surface area contributed by atoms with Crippen LogP contribution < -0.4 is 11.1 Å². The van der Waals surface area contributed by atoms with E-state index in [9.17, 15) is 4.79 Å². The van der Waals surface area contributed by atoms with Gasteiger partial charge in [-0.3, -0.25) is 4.79 Å². The number of carbonyl (C=O) groups is 1. The standard InChI is InChI=1S/C16H26N2O2.ClH/c1-13(2)8-10-20-11-9-18-16(19)15(17)12-14-6-4-3-5-7-14;/h3-7,13,15H,8-12,17H2,1-2H3,(H,18,19);1H. The number of halogens is 1. The van der Waals surface area contributed by atoms with Crippen molar-refractivity contribution in [2.75, 3.05) is 19.8 Å². The molecule has 0 saturated carbocycles. The fraction of sp³-hybridized carbons (Fsp3) is 0.562. The first-order chi connectivity index (χ1) is 9.59. The maximum atomic E-state index is 11.8. The fourth-order valence-corrected chi connectivity index (χ4v) is 1.76. The maximum absolute atomic E-state index is 11.8. The minimum absolute atomic E-state index is 0. The van der Waals surface area contributed by atoms with Gasteiger partial charge in [-0.2, -0.15) is 0 Å². The molecule has 0 spiro atoms. The number of rotatable bonds is 9. The average molecular weight is 315 g/mol. The van der Waals surface area contributed by atoms with Gasteiger partial charge < -0.3 is 15.8 Å². The van der Waals surface area contributed by atoms with Crippen molar-refractivity contribution < 1.29 is 9.53 Å². The van der Waals surface area contributed by atoms with E-state index in [0.717, 1.165) is 18.6 Å². The molecule has 1 rings (SSSR count). The van der Waals surface area contributed by atoms with Gasteiger partial charge in [-0.25, -0.2) is 0 Å². The molecular formula is C16H27ClN2O2. The highest BCUT2D eigenvalue weighted by Gasteiger charge is 2.13. The molecule has 0 aromatic heterocycles. The largest absolute Gasteiger partial charge is 0.380 e. The van der Waals surface area contributed by atoms with Crippen molar-refractivity contribution in [3.63, 3.8) is 0 Å². The minimum atomic E-state index is -0.506. The van der Waals surface area contributed by atoms with Crippen LogP contribution in [0.3, 0.4) is 0 Å². The SMILES string of the molecule is CC(C)CCOCCNC(=O)C(N)Cc1ccccc1.Cl. The summed E-state index contributed by atoms with van der Waals surface area (Å²) in [6, 6.07) is 9.28. The molecule has 21 heavy (non-hydrogen) atoms. The van der Waals surface area contributed by atoms with Gasteiger partial charge in [-0.15, -0.1) is 12.4 Å². The lowest BCUT2D eigenvalue weighted by molar-refractivity contribution is -0.122. The maximum Gasteiger partial charge on any atom is 0.237 e. The normalized spacial score (nSPS) is 11.8.